The number of rotatable bonds is 6. The van der Waals surface area contributed by atoms with E-state index in [1.54, 1.807) is 37.3 Å². The fourth-order valence-electron chi connectivity index (χ4n) is 4.32. The minimum Gasteiger partial charge on any atom is -0.325 e. The molecule has 0 aromatic carbocycles. The molecule has 0 saturated heterocycles. The monoisotopic (exact) mass is 456 g/mol. The van der Waals surface area contributed by atoms with Crippen molar-refractivity contribution in [2.24, 2.45) is 42.3 Å². The van der Waals surface area contributed by atoms with Gasteiger partial charge in [-0.1, -0.05) is 6.42 Å². The Balaban J connectivity index is 1.48. The number of fused-ring (bicyclic) bond motifs is 2. The molecule has 4 rings (SSSR count). The van der Waals surface area contributed by atoms with Gasteiger partial charge in [-0.3, -0.25) is 27.9 Å². The van der Waals surface area contributed by atoms with E-state index in [0.717, 1.165) is 40.0 Å². The van der Waals surface area contributed by atoms with Gasteiger partial charge in [-0.15, -0.1) is 0 Å². The zero-order chi connectivity index (χ0) is 24.2. The zero-order valence-electron chi connectivity index (χ0n) is 19.7. The third kappa shape index (κ3) is 3.36. The van der Waals surface area contributed by atoms with E-state index in [1.807, 2.05) is 0 Å². The van der Waals surface area contributed by atoms with Crippen LogP contribution in [-0.2, 0) is 55.1 Å². The van der Waals surface area contributed by atoms with E-state index in [9.17, 15) is 19.2 Å². The van der Waals surface area contributed by atoms with Gasteiger partial charge in [0.15, 0.2) is 22.3 Å². The van der Waals surface area contributed by atoms with Gasteiger partial charge in [-0.05, 0) is 12.8 Å². The summed E-state index contributed by atoms with van der Waals surface area (Å²) in [6, 6.07) is 0. The Bertz CT molecular complexity index is 1520. The van der Waals surface area contributed by atoms with Crippen LogP contribution in [0.2, 0.25) is 0 Å². The Labute approximate surface area is 188 Å². The van der Waals surface area contributed by atoms with Crippen LogP contribution < -0.4 is 22.5 Å². The standard InChI is InChI=1S/C21H28N8O4/c1-24-12(22-16-14(24)18(30)28(5)20(32)26(16)3)10-8-7-9-11-13-23-17-15(25(13)2)19(31)29(6)21(33)27(17)4/h7-11H2,1-6H3. The molecule has 0 unspecified atom stereocenters. The highest BCUT2D eigenvalue weighted by molar-refractivity contribution is 5.71. The molecular weight excluding hydrogens is 428 g/mol. The maximum absolute atomic E-state index is 12.5. The Kier molecular flexibility index (Phi) is 5.46. The van der Waals surface area contributed by atoms with E-state index < -0.39 is 11.4 Å². The van der Waals surface area contributed by atoms with Crippen molar-refractivity contribution in [3.8, 4) is 0 Å². The molecule has 0 radical (unpaired) electrons. The van der Waals surface area contributed by atoms with Crippen molar-refractivity contribution in [2.45, 2.75) is 32.1 Å². The van der Waals surface area contributed by atoms with E-state index in [-0.39, 0.29) is 11.1 Å². The van der Waals surface area contributed by atoms with E-state index in [2.05, 4.69) is 9.97 Å². The number of aromatic nitrogens is 8. The number of hydrogen-bond acceptors (Lipinski definition) is 6. The molecule has 0 aliphatic rings. The molecule has 33 heavy (non-hydrogen) atoms. The number of aryl methyl sites for hydroxylation is 6. The van der Waals surface area contributed by atoms with Crippen LogP contribution in [0.4, 0.5) is 0 Å². The van der Waals surface area contributed by atoms with Gasteiger partial charge in [0.2, 0.25) is 0 Å². The first-order chi connectivity index (χ1) is 15.6. The average molecular weight is 457 g/mol. The smallest absolute Gasteiger partial charge is 0.325 e. The fraction of sp³-hybridized carbons (Fsp3) is 0.524. The van der Waals surface area contributed by atoms with Crippen LogP contribution >= 0.6 is 0 Å². The first-order valence-electron chi connectivity index (χ1n) is 10.8. The van der Waals surface area contributed by atoms with Crippen molar-refractivity contribution in [2.75, 3.05) is 0 Å². The van der Waals surface area contributed by atoms with Crippen LogP contribution in [0, 0.1) is 0 Å². The van der Waals surface area contributed by atoms with Gasteiger partial charge in [0, 0.05) is 55.1 Å². The van der Waals surface area contributed by atoms with Gasteiger partial charge >= 0.3 is 11.4 Å². The summed E-state index contributed by atoms with van der Waals surface area (Å²) in [5, 5.41) is 0. The van der Waals surface area contributed by atoms with Gasteiger partial charge in [0.05, 0.1) is 0 Å². The molecule has 0 amide bonds. The summed E-state index contributed by atoms with van der Waals surface area (Å²) in [5.74, 6) is 1.51. The second-order valence-corrected chi connectivity index (χ2v) is 8.49. The van der Waals surface area contributed by atoms with Crippen molar-refractivity contribution in [3.63, 3.8) is 0 Å². The molecule has 0 spiro atoms. The molecule has 0 saturated carbocycles. The van der Waals surface area contributed by atoms with Gasteiger partial charge in [0.1, 0.15) is 11.6 Å². The molecule has 0 aliphatic carbocycles. The molecule has 0 atom stereocenters. The molecule has 0 fully saturated rings. The van der Waals surface area contributed by atoms with Crippen molar-refractivity contribution in [3.05, 3.63) is 53.3 Å². The molecular formula is C21H28N8O4. The van der Waals surface area contributed by atoms with Crippen LogP contribution in [0.1, 0.15) is 30.9 Å². The lowest BCUT2D eigenvalue weighted by Crippen LogP contribution is -2.37. The summed E-state index contributed by atoms with van der Waals surface area (Å²) in [6.07, 6.45) is 3.91. The fourth-order valence-corrected chi connectivity index (χ4v) is 4.32. The van der Waals surface area contributed by atoms with Crippen LogP contribution in [-0.4, -0.2) is 37.4 Å². The van der Waals surface area contributed by atoms with Gasteiger partial charge < -0.3 is 9.13 Å². The predicted molar refractivity (Wildman–Crippen MR) is 124 cm³/mol. The highest BCUT2D eigenvalue weighted by Gasteiger charge is 2.18. The third-order valence-electron chi connectivity index (χ3n) is 6.44. The Morgan fingerprint density at radius 3 is 1.24 bits per heavy atom. The molecule has 4 aromatic heterocycles. The second-order valence-electron chi connectivity index (χ2n) is 8.49. The van der Waals surface area contributed by atoms with Crippen molar-refractivity contribution >= 4 is 22.3 Å². The summed E-state index contributed by atoms with van der Waals surface area (Å²) in [4.78, 5) is 58.4. The van der Waals surface area contributed by atoms with E-state index in [1.165, 1.54) is 23.2 Å². The molecule has 12 nitrogen and oxygen atoms in total. The summed E-state index contributed by atoms with van der Waals surface area (Å²) in [5.41, 5.74) is 0.135. The second kappa shape index (κ2) is 8.01. The summed E-state index contributed by atoms with van der Waals surface area (Å²) < 4.78 is 8.49. The van der Waals surface area contributed by atoms with Crippen LogP contribution in [0.15, 0.2) is 19.2 Å². The topological polar surface area (TPSA) is 124 Å². The van der Waals surface area contributed by atoms with Crippen LogP contribution in [0.3, 0.4) is 0 Å². The van der Waals surface area contributed by atoms with Gasteiger partial charge in [0.25, 0.3) is 11.1 Å². The largest absolute Gasteiger partial charge is 0.332 e. The highest BCUT2D eigenvalue weighted by atomic mass is 16.2. The minimum atomic E-state index is -0.396. The average Bonchev–Trinajstić information content (AvgIpc) is 3.30. The number of imidazole rings is 2. The minimum absolute atomic E-state index is 0.350. The lowest BCUT2D eigenvalue weighted by atomic mass is 10.1. The van der Waals surface area contributed by atoms with E-state index >= 15 is 0 Å². The zero-order valence-corrected chi connectivity index (χ0v) is 19.7. The van der Waals surface area contributed by atoms with Crippen molar-refractivity contribution < 1.29 is 0 Å². The van der Waals surface area contributed by atoms with Gasteiger partial charge in [-0.2, -0.15) is 0 Å². The molecule has 176 valence electrons. The first kappa shape index (κ1) is 22.5. The maximum Gasteiger partial charge on any atom is 0.332 e. The molecule has 12 heteroatoms. The van der Waals surface area contributed by atoms with Crippen LogP contribution in [0.5, 0.6) is 0 Å². The molecule has 0 aliphatic heterocycles. The molecule has 4 heterocycles. The lowest BCUT2D eigenvalue weighted by Gasteiger charge is -2.05. The Morgan fingerprint density at radius 1 is 0.515 bits per heavy atom. The summed E-state index contributed by atoms with van der Waals surface area (Å²) >= 11 is 0. The normalized spacial score (nSPS) is 11.8. The van der Waals surface area contributed by atoms with E-state index in [0.29, 0.717) is 35.2 Å². The lowest BCUT2D eigenvalue weighted by molar-refractivity contribution is 0.630. The number of hydrogen-bond donors (Lipinski definition) is 0. The summed E-state index contributed by atoms with van der Waals surface area (Å²) in [7, 11) is 9.74. The maximum atomic E-state index is 12.5. The predicted octanol–water partition coefficient (Wildman–Crippen LogP) is -0.790. The van der Waals surface area contributed by atoms with Gasteiger partial charge in [-0.25, -0.2) is 19.6 Å². The molecule has 4 aromatic rings. The highest BCUT2D eigenvalue weighted by Crippen LogP contribution is 2.15. The Morgan fingerprint density at radius 2 is 0.879 bits per heavy atom. The SMILES string of the molecule is Cn1c(=O)c2c(nc(CCCCCc3nc4c(c(=O)n(C)c(=O)n4C)n3C)n2C)n(C)c1=O. The van der Waals surface area contributed by atoms with Crippen LogP contribution in [0.25, 0.3) is 22.3 Å². The van der Waals surface area contributed by atoms with E-state index in [4.69, 9.17) is 0 Å². The Hall–Kier alpha value is -3.70. The molecule has 0 bridgehead atoms. The third-order valence-corrected chi connectivity index (χ3v) is 6.44. The summed E-state index contributed by atoms with van der Waals surface area (Å²) in [6.45, 7) is 0. The number of nitrogens with zero attached hydrogens (tertiary/aromatic N) is 8. The van der Waals surface area contributed by atoms with Crippen molar-refractivity contribution in [1.82, 2.24) is 37.4 Å². The van der Waals surface area contributed by atoms with Crippen molar-refractivity contribution in [1.29, 1.82) is 0 Å². The first-order valence-corrected chi connectivity index (χ1v) is 10.8. The quantitative estimate of drug-likeness (QED) is 0.350. The number of unbranched alkanes of at least 4 members (excludes halogenated alkanes) is 2. The molecule has 0 N–H and O–H groups in total.